The lowest BCUT2D eigenvalue weighted by Gasteiger charge is -2.30. The Hall–Kier alpha value is -2.42. The Balaban J connectivity index is 1.74. The van der Waals surface area contributed by atoms with Crippen molar-refractivity contribution in [3.05, 3.63) is 34.6 Å². The van der Waals surface area contributed by atoms with Gasteiger partial charge >= 0.3 is 6.18 Å². The van der Waals surface area contributed by atoms with Crippen LogP contribution in [0.4, 0.5) is 23.4 Å². The van der Waals surface area contributed by atoms with E-state index in [1.54, 1.807) is 0 Å². The molecule has 9 heteroatoms. The monoisotopic (exact) mass is 425 g/mol. The number of anilines is 1. The first kappa shape index (κ1) is 20.8. The van der Waals surface area contributed by atoms with Crippen LogP contribution in [-0.2, 0) is 19.0 Å². The molecule has 1 aromatic heterocycles. The van der Waals surface area contributed by atoms with Crippen molar-refractivity contribution in [3.8, 4) is 17.0 Å². The van der Waals surface area contributed by atoms with Crippen LogP contribution in [0, 0.1) is 5.82 Å². The molecule has 0 spiro atoms. The van der Waals surface area contributed by atoms with Gasteiger partial charge in [-0.15, -0.1) is 10.2 Å². The third-order valence-electron chi connectivity index (χ3n) is 5.99. The highest BCUT2D eigenvalue weighted by Gasteiger charge is 2.36. The fourth-order valence-electron chi connectivity index (χ4n) is 4.41. The summed E-state index contributed by atoms with van der Waals surface area (Å²) in [5.74, 6) is -1.60. The quantitative estimate of drug-likeness (QED) is 0.627. The second-order valence-electron chi connectivity index (χ2n) is 8.01. The zero-order chi connectivity index (χ0) is 21.5. The molecule has 2 aliphatic carbocycles. The predicted molar refractivity (Wildman–Crippen MR) is 103 cm³/mol. The molecule has 2 aromatic rings. The van der Waals surface area contributed by atoms with Gasteiger partial charge in [0.15, 0.2) is 5.82 Å². The van der Waals surface area contributed by atoms with Gasteiger partial charge < -0.3 is 15.5 Å². The number of aliphatic hydroxyl groups is 1. The van der Waals surface area contributed by atoms with E-state index in [-0.39, 0.29) is 17.3 Å². The average molecular weight is 425 g/mol. The third-order valence-corrected chi connectivity index (χ3v) is 5.99. The van der Waals surface area contributed by atoms with Crippen LogP contribution in [0.25, 0.3) is 11.3 Å². The molecule has 0 radical (unpaired) electrons. The van der Waals surface area contributed by atoms with Gasteiger partial charge in [-0.25, -0.2) is 4.39 Å². The number of alkyl halides is 3. The number of nitrogens with one attached hydrogen (secondary N) is 1. The van der Waals surface area contributed by atoms with Gasteiger partial charge in [-0.3, -0.25) is 0 Å². The second kappa shape index (κ2) is 8.02. The minimum absolute atomic E-state index is 0.101. The topological polar surface area (TPSA) is 78.3 Å². The molecule has 162 valence electrons. The summed E-state index contributed by atoms with van der Waals surface area (Å²) in [5.41, 5.74) is 0.192. The molecule has 1 aromatic carbocycles. The number of rotatable bonds is 3. The third kappa shape index (κ3) is 3.95. The molecule has 0 aliphatic heterocycles. The Morgan fingerprint density at radius 1 is 0.967 bits per heavy atom. The number of halogens is 4. The maximum Gasteiger partial charge on any atom is 0.419 e. The van der Waals surface area contributed by atoms with E-state index >= 15 is 0 Å². The molecule has 2 aliphatic rings. The first-order chi connectivity index (χ1) is 14.3. The molecule has 0 saturated heterocycles. The number of aromatic hydroxyl groups is 1. The summed E-state index contributed by atoms with van der Waals surface area (Å²) in [7, 11) is 0. The van der Waals surface area contributed by atoms with Crippen LogP contribution in [-0.4, -0.2) is 32.6 Å². The van der Waals surface area contributed by atoms with Crippen molar-refractivity contribution in [1.82, 2.24) is 10.2 Å². The van der Waals surface area contributed by atoms with Gasteiger partial charge in [0.25, 0.3) is 0 Å². The smallest absolute Gasteiger partial charge is 0.419 e. The summed E-state index contributed by atoms with van der Waals surface area (Å²) in [6.07, 6.45) is 1.16. The van der Waals surface area contributed by atoms with E-state index in [0.717, 1.165) is 43.2 Å². The van der Waals surface area contributed by atoms with Crippen LogP contribution in [0.5, 0.6) is 5.75 Å². The Labute approximate surface area is 171 Å². The lowest BCUT2D eigenvalue weighted by atomic mass is 9.88. The minimum Gasteiger partial charge on any atom is -0.507 e. The summed E-state index contributed by atoms with van der Waals surface area (Å²) in [5, 5.41) is 32.1. The molecule has 0 bridgehead atoms. The van der Waals surface area contributed by atoms with Crippen LogP contribution < -0.4 is 5.32 Å². The van der Waals surface area contributed by atoms with Crippen LogP contribution in [0.1, 0.15) is 55.2 Å². The molecule has 30 heavy (non-hydrogen) atoms. The number of hydrogen-bond donors (Lipinski definition) is 3. The van der Waals surface area contributed by atoms with E-state index in [4.69, 9.17) is 0 Å². The number of aliphatic hydroxyl groups excluding tert-OH is 1. The van der Waals surface area contributed by atoms with E-state index in [9.17, 15) is 27.8 Å². The van der Waals surface area contributed by atoms with Crippen molar-refractivity contribution < 1.29 is 27.8 Å². The molecule has 1 heterocycles. The second-order valence-corrected chi connectivity index (χ2v) is 8.01. The number of nitrogens with zero attached hydrogens (tertiary/aromatic N) is 2. The number of aromatic nitrogens is 2. The predicted octanol–water partition coefficient (Wildman–Crippen LogP) is 4.60. The normalized spacial score (nSPS) is 21.9. The van der Waals surface area contributed by atoms with Gasteiger partial charge in [0.1, 0.15) is 17.3 Å². The van der Waals surface area contributed by atoms with Gasteiger partial charge in [-0.05, 0) is 56.2 Å². The van der Waals surface area contributed by atoms with Gasteiger partial charge in [-0.2, -0.15) is 13.2 Å². The molecular weight excluding hydrogens is 402 g/mol. The van der Waals surface area contributed by atoms with Gasteiger partial charge in [-0.1, -0.05) is 12.8 Å². The zero-order valence-electron chi connectivity index (χ0n) is 16.3. The molecule has 1 fully saturated rings. The summed E-state index contributed by atoms with van der Waals surface area (Å²) in [6.45, 7) is 0. The van der Waals surface area contributed by atoms with Crippen LogP contribution in [0.3, 0.4) is 0 Å². The van der Waals surface area contributed by atoms with Crippen molar-refractivity contribution in [3.63, 3.8) is 0 Å². The molecule has 0 amide bonds. The Morgan fingerprint density at radius 2 is 1.67 bits per heavy atom. The highest BCUT2D eigenvalue weighted by molar-refractivity contribution is 5.73. The number of phenolic OH excluding ortho intramolecular Hbond substituents is 1. The minimum atomic E-state index is -4.90. The first-order valence-electron chi connectivity index (χ1n) is 10.2. The summed E-state index contributed by atoms with van der Waals surface area (Å²) in [4.78, 5) is 0. The SMILES string of the molecule is Oc1cc(C(F)(F)F)c(F)cc1-c1nnc(N[C@@H]2CCCC[C@H]2O)c2c1CCCC2. The van der Waals surface area contributed by atoms with E-state index in [1.807, 2.05) is 0 Å². The van der Waals surface area contributed by atoms with Crippen molar-refractivity contribution in [2.45, 2.75) is 69.7 Å². The number of phenols is 1. The Morgan fingerprint density at radius 3 is 2.37 bits per heavy atom. The molecular formula is C21H23F4N3O2. The standard InChI is InChI=1S/C21H23F4N3O2/c22-15-9-13(18(30)10-14(15)21(23,24)25)19-11-5-1-2-6-12(11)20(28-27-19)26-16-7-3-4-8-17(16)29/h9-10,16-17,29-30H,1-8H2,(H,26,28)/t16-,17-/m1/s1. The van der Waals surface area contributed by atoms with Gasteiger partial charge in [0.2, 0.25) is 0 Å². The van der Waals surface area contributed by atoms with Crippen molar-refractivity contribution in [2.75, 3.05) is 5.32 Å². The molecule has 2 atom stereocenters. The van der Waals surface area contributed by atoms with Crippen molar-refractivity contribution in [1.29, 1.82) is 0 Å². The fraction of sp³-hybridized carbons (Fsp3) is 0.524. The van der Waals surface area contributed by atoms with E-state index in [0.29, 0.717) is 37.2 Å². The molecule has 3 N–H and O–H groups in total. The van der Waals surface area contributed by atoms with Gasteiger partial charge in [0, 0.05) is 11.1 Å². The highest BCUT2D eigenvalue weighted by atomic mass is 19.4. The largest absolute Gasteiger partial charge is 0.507 e. The van der Waals surface area contributed by atoms with E-state index < -0.39 is 29.4 Å². The van der Waals surface area contributed by atoms with E-state index in [1.165, 1.54) is 0 Å². The van der Waals surface area contributed by atoms with E-state index in [2.05, 4.69) is 15.5 Å². The lowest BCUT2D eigenvalue weighted by Crippen LogP contribution is -2.37. The van der Waals surface area contributed by atoms with Gasteiger partial charge in [0.05, 0.1) is 17.7 Å². The zero-order valence-corrected chi connectivity index (χ0v) is 16.3. The highest BCUT2D eigenvalue weighted by Crippen LogP contribution is 2.41. The summed E-state index contributed by atoms with van der Waals surface area (Å²) >= 11 is 0. The van der Waals surface area contributed by atoms with Crippen LogP contribution in [0.15, 0.2) is 12.1 Å². The maximum atomic E-state index is 14.2. The Kier molecular flexibility index (Phi) is 5.57. The fourth-order valence-corrected chi connectivity index (χ4v) is 4.41. The van der Waals surface area contributed by atoms with Crippen molar-refractivity contribution >= 4 is 5.82 Å². The molecule has 5 nitrogen and oxygen atoms in total. The Bertz CT molecular complexity index is 949. The van der Waals surface area contributed by atoms with Crippen LogP contribution in [0.2, 0.25) is 0 Å². The lowest BCUT2D eigenvalue weighted by molar-refractivity contribution is -0.140. The summed E-state index contributed by atoms with van der Waals surface area (Å²) in [6, 6.07) is 0.933. The maximum absolute atomic E-state index is 14.2. The van der Waals surface area contributed by atoms with Crippen LogP contribution >= 0.6 is 0 Å². The number of fused-ring (bicyclic) bond motifs is 1. The van der Waals surface area contributed by atoms with Crippen molar-refractivity contribution in [2.24, 2.45) is 0 Å². The molecule has 4 rings (SSSR count). The molecule has 0 unspecified atom stereocenters. The summed E-state index contributed by atoms with van der Waals surface area (Å²) < 4.78 is 53.0. The average Bonchev–Trinajstić information content (AvgIpc) is 2.71. The first-order valence-corrected chi connectivity index (χ1v) is 10.2. The molecule has 1 saturated carbocycles. The number of benzene rings is 1. The number of hydrogen-bond acceptors (Lipinski definition) is 5.